The number of nitrogens with two attached hydrogens (primary N) is 1. The molecule has 0 fully saturated rings. The van der Waals surface area contributed by atoms with Gasteiger partial charge in [-0.25, -0.2) is 0 Å². The van der Waals surface area contributed by atoms with E-state index in [1.54, 1.807) is 0 Å². The first-order valence-corrected chi connectivity index (χ1v) is 3.48. The molecule has 5 heteroatoms. The van der Waals surface area contributed by atoms with Gasteiger partial charge < -0.3 is 10.5 Å². The molecule has 0 bridgehead atoms. The van der Waals surface area contributed by atoms with Gasteiger partial charge in [-0.2, -0.15) is 0 Å². The third-order valence-electron chi connectivity index (χ3n) is 1.29. The number of halogens is 3. The number of rotatable bonds is 2. The fraction of sp³-hybridized carbons (Fsp3) is 0.250. The topological polar surface area (TPSA) is 35.2 Å². The van der Waals surface area contributed by atoms with E-state index in [1.165, 1.54) is 18.2 Å². The molecule has 0 amide bonds. The fourth-order valence-corrected chi connectivity index (χ4v) is 0.807. The molecule has 2 nitrogen and oxygen atoms in total. The first kappa shape index (κ1) is 9.85. The molecule has 0 heterocycles. The van der Waals surface area contributed by atoms with Crippen LogP contribution in [0.2, 0.25) is 0 Å². The molecule has 0 saturated carbocycles. The zero-order chi connectivity index (χ0) is 9.90. The monoisotopic (exact) mass is 190 g/mol. The van der Waals surface area contributed by atoms with Gasteiger partial charge in [0.2, 0.25) is 0 Å². The number of benzene rings is 1. The van der Waals surface area contributed by atoms with Gasteiger partial charge in [-0.3, -0.25) is 0 Å². The van der Waals surface area contributed by atoms with Crippen molar-refractivity contribution in [2.24, 2.45) is 5.73 Å². The summed E-state index contributed by atoms with van der Waals surface area (Å²) >= 11 is 0. The van der Waals surface area contributed by atoms with Gasteiger partial charge in [-0.05, 0) is 23.8 Å². The third kappa shape index (κ3) is 3.33. The van der Waals surface area contributed by atoms with Crippen LogP contribution in [-0.4, -0.2) is 6.36 Å². The SMILES string of the molecule is NCc1[c]ccc(OC(F)(F)F)c1. The van der Waals surface area contributed by atoms with Gasteiger partial charge >= 0.3 is 6.36 Å². The summed E-state index contributed by atoms with van der Waals surface area (Å²) in [6, 6.07) is 6.38. The Balaban J connectivity index is 2.78. The molecule has 13 heavy (non-hydrogen) atoms. The minimum absolute atomic E-state index is 0.134. The Bertz CT molecular complexity index is 285. The van der Waals surface area contributed by atoms with Gasteiger partial charge in [-0.1, -0.05) is 6.07 Å². The number of ether oxygens (including phenoxy) is 1. The van der Waals surface area contributed by atoms with Gasteiger partial charge in [0.15, 0.2) is 0 Å². The molecular weight excluding hydrogens is 183 g/mol. The van der Waals surface area contributed by atoms with E-state index >= 15 is 0 Å². The van der Waals surface area contributed by atoms with Crippen LogP contribution in [0, 0.1) is 6.07 Å². The summed E-state index contributed by atoms with van der Waals surface area (Å²) in [7, 11) is 0. The van der Waals surface area contributed by atoms with E-state index in [4.69, 9.17) is 5.73 Å². The zero-order valence-corrected chi connectivity index (χ0v) is 6.56. The van der Waals surface area contributed by atoms with Crippen molar-refractivity contribution in [2.45, 2.75) is 12.9 Å². The second-order valence-electron chi connectivity index (χ2n) is 2.30. The second-order valence-corrected chi connectivity index (χ2v) is 2.30. The lowest BCUT2D eigenvalue weighted by atomic mass is 10.2. The Morgan fingerprint density at radius 2 is 2.15 bits per heavy atom. The van der Waals surface area contributed by atoms with Crippen LogP contribution in [0.5, 0.6) is 5.75 Å². The van der Waals surface area contributed by atoms with E-state index in [1.807, 2.05) is 0 Å². The van der Waals surface area contributed by atoms with E-state index in [0.29, 0.717) is 5.56 Å². The fourth-order valence-electron chi connectivity index (χ4n) is 0.807. The van der Waals surface area contributed by atoms with Gasteiger partial charge in [0.05, 0.1) is 0 Å². The Morgan fingerprint density at radius 1 is 1.46 bits per heavy atom. The normalized spacial score (nSPS) is 11.4. The standard InChI is InChI=1S/C8H7F3NO/c9-8(10,11)13-7-3-1-2-6(4-7)5-12/h1,3-4H,5,12H2. The lowest BCUT2D eigenvalue weighted by molar-refractivity contribution is -0.274. The first-order valence-electron chi connectivity index (χ1n) is 3.48. The molecule has 0 aliphatic heterocycles. The summed E-state index contributed by atoms with van der Waals surface area (Å²) in [5.41, 5.74) is 5.69. The van der Waals surface area contributed by atoms with Crippen LogP contribution in [0.25, 0.3) is 0 Å². The average Bonchev–Trinajstić information content (AvgIpc) is 2.01. The molecule has 0 aliphatic carbocycles. The van der Waals surface area contributed by atoms with Crippen molar-refractivity contribution >= 4 is 0 Å². The van der Waals surface area contributed by atoms with Gasteiger partial charge in [0.25, 0.3) is 0 Å². The molecule has 71 valence electrons. The minimum atomic E-state index is -4.66. The molecule has 0 unspecified atom stereocenters. The average molecular weight is 190 g/mol. The highest BCUT2D eigenvalue weighted by Gasteiger charge is 2.30. The molecule has 0 aromatic heterocycles. The summed E-state index contributed by atoms with van der Waals surface area (Å²) < 4.78 is 38.8. The lowest BCUT2D eigenvalue weighted by Crippen LogP contribution is -2.17. The lowest BCUT2D eigenvalue weighted by Gasteiger charge is -2.08. The predicted molar refractivity (Wildman–Crippen MR) is 39.9 cm³/mol. The summed E-state index contributed by atoms with van der Waals surface area (Å²) in [5.74, 6) is -0.272. The molecule has 2 N–H and O–H groups in total. The number of hydrogen-bond acceptors (Lipinski definition) is 2. The molecule has 1 aromatic rings. The number of hydrogen-bond donors (Lipinski definition) is 1. The predicted octanol–water partition coefficient (Wildman–Crippen LogP) is 1.84. The van der Waals surface area contributed by atoms with Crippen LogP contribution in [0.4, 0.5) is 13.2 Å². The second kappa shape index (κ2) is 3.66. The minimum Gasteiger partial charge on any atom is -0.406 e. The largest absolute Gasteiger partial charge is 0.573 e. The van der Waals surface area contributed by atoms with Crippen molar-refractivity contribution < 1.29 is 17.9 Å². The molecule has 1 radical (unpaired) electrons. The first-order chi connectivity index (χ1) is 6.01. The van der Waals surface area contributed by atoms with Crippen LogP contribution >= 0.6 is 0 Å². The van der Waals surface area contributed by atoms with Crippen molar-refractivity contribution in [3.8, 4) is 5.75 Å². The van der Waals surface area contributed by atoms with Crippen molar-refractivity contribution in [1.82, 2.24) is 0 Å². The summed E-state index contributed by atoms with van der Waals surface area (Å²) in [6.45, 7) is 0.134. The highest BCUT2D eigenvalue weighted by molar-refractivity contribution is 5.27. The summed E-state index contributed by atoms with van der Waals surface area (Å²) in [4.78, 5) is 0. The smallest absolute Gasteiger partial charge is 0.406 e. The zero-order valence-electron chi connectivity index (χ0n) is 6.56. The molecule has 0 spiro atoms. The quantitative estimate of drug-likeness (QED) is 0.772. The highest BCUT2D eigenvalue weighted by atomic mass is 19.4. The molecule has 0 atom stereocenters. The van der Waals surface area contributed by atoms with E-state index in [9.17, 15) is 13.2 Å². The maximum atomic E-state index is 11.7. The Kier molecular flexibility index (Phi) is 2.77. The van der Waals surface area contributed by atoms with Gasteiger partial charge in [0, 0.05) is 6.54 Å². The third-order valence-corrected chi connectivity index (χ3v) is 1.29. The van der Waals surface area contributed by atoms with E-state index in [0.717, 1.165) is 0 Å². The van der Waals surface area contributed by atoms with E-state index in [2.05, 4.69) is 10.8 Å². The van der Waals surface area contributed by atoms with Gasteiger partial charge in [-0.15, -0.1) is 13.2 Å². The Labute approximate surface area is 73.1 Å². The maximum Gasteiger partial charge on any atom is 0.573 e. The molecule has 1 rings (SSSR count). The summed E-state index contributed by atoms with van der Waals surface area (Å²) in [5, 5.41) is 0. The van der Waals surface area contributed by atoms with Gasteiger partial charge in [0.1, 0.15) is 5.75 Å². The van der Waals surface area contributed by atoms with E-state index < -0.39 is 6.36 Å². The summed E-state index contributed by atoms with van der Waals surface area (Å²) in [6.07, 6.45) is -4.66. The van der Waals surface area contributed by atoms with Crippen molar-refractivity contribution in [3.05, 3.63) is 29.8 Å². The van der Waals surface area contributed by atoms with Crippen LogP contribution in [-0.2, 0) is 6.54 Å². The van der Waals surface area contributed by atoms with Crippen molar-refractivity contribution in [2.75, 3.05) is 0 Å². The van der Waals surface area contributed by atoms with Crippen molar-refractivity contribution in [3.63, 3.8) is 0 Å². The molecular formula is C8H7F3NO. The molecule has 1 aromatic carbocycles. The van der Waals surface area contributed by atoms with E-state index in [-0.39, 0.29) is 12.3 Å². The Hall–Kier alpha value is -1.23. The Morgan fingerprint density at radius 3 is 2.69 bits per heavy atom. The highest BCUT2D eigenvalue weighted by Crippen LogP contribution is 2.22. The molecule has 0 aliphatic rings. The molecule has 0 saturated heterocycles. The van der Waals surface area contributed by atoms with Crippen LogP contribution in [0.3, 0.4) is 0 Å². The van der Waals surface area contributed by atoms with Crippen LogP contribution in [0.15, 0.2) is 18.2 Å². The van der Waals surface area contributed by atoms with Crippen molar-refractivity contribution in [1.29, 1.82) is 0 Å². The van der Waals surface area contributed by atoms with Crippen LogP contribution in [0.1, 0.15) is 5.56 Å². The maximum absolute atomic E-state index is 11.7. The number of alkyl halides is 3. The van der Waals surface area contributed by atoms with Crippen LogP contribution < -0.4 is 10.5 Å².